The van der Waals surface area contributed by atoms with Crippen LogP contribution in [0.4, 0.5) is 5.69 Å². The number of aromatic nitrogens is 2. The molecule has 0 saturated carbocycles. The molecule has 2 aromatic rings. The summed E-state index contributed by atoms with van der Waals surface area (Å²) in [5, 5.41) is 16.2. The average Bonchev–Trinajstić information content (AvgIpc) is 2.81. The van der Waals surface area contributed by atoms with Gasteiger partial charge in [-0.15, -0.1) is 0 Å². The van der Waals surface area contributed by atoms with Crippen molar-refractivity contribution in [1.29, 1.82) is 0 Å². The minimum absolute atomic E-state index is 0.0378. The number of hydrogen-bond acceptors (Lipinski definition) is 3. The molecule has 2 N–H and O–H groups in total. The molecule has 1 aromatic heterocycles. The Kier molecular flexibility index (Phi) is 3.09. The van der Waals surface area contributed by atoms with E-state index in [0.717, 1.165) is 0 Å². The van der Waals surface area contributed by atoms with E-state index in [4.69, 9.17) is 0 Å². The molecule has 5 heteroatoms. The molecule has 1 aromatic carbocycles. The molecular weight excluding hydrogens is 218 g/mol. The summed E-state index contributed by atoms with van der Waals surface area (Å²) >= 11 is 0. The van der Waals surface area contributed by atoms with Crippen LogP contribution in [0.2, 0.25) is 0 Å². The van der Waals surface area contributed by atoms with E-state index in [0.29, 0.717) is 17.9 Å². The molecule has 0 unspecified atom stereocenters. The van der Waals surface area contributed by atoms with Crippen molar-refractivity contribution in [2.45, 2.75) is 13.5 Å². The molecule has 17 heavy (non-hydrogen) atoms. The highest BCUT2D eigenvalue weighted by Gasteiger charge is 2.10. The molecule has 0 aliphatic rings. The number of aromatic hydroxyl groups is 1. The van der Waals surface area contributed by atoms with Gasteiger partial charge < -0.3 is 10.4 Å². The van der Waals surface area contributed by atoms with Gasteiger partial charge in [0.05, 0.1) is 5.69 Å². The predicted octanol–water partition coefficient (Wildman–Crippen LogP) is 1.86. The Bertz CT molecular complexity index is 534. The van der Waals surface area contributed by atoms with Crippen LogP contribution in [0.3, 0.4) is 0 Å². The van der Waals surface area contributed by atoms with Crippen LogP contribution < -0.4 is 5.32 Å². The molecule has 1 heterocycles. The Hall–Kier alpha value is -2.30. The zero-order valence-electron chi connectivity index (χ0n) is 9.42. The lowest BCUT2D eigenvalue weighted by Crippen LogP contribution is -2.13. The third kappa shape index (κ3) is 2.44. The number of carbonyl (C=O) groups is 1. The van der Waals surface area contributed by atoms with Crippen LogP contribution in [0.15, 0.2) is 36.5 Å². The second-order valence-electron chi connectivity index (χ2n) is 3.53. The fourth-order valence-electron chi connectivity index (χ4n) is 1.42. The average molecular weight is 231 g/mol. The molecule has 5 nitrogen and oxygen atoms in total. The number of benzene rings is 1. The van der Waals surface area contributed by atoms with Gasteiger partial charge in [0.15, 0.2) is 5.69 Å². The number of hydrogen-bond donors (Lipinski definition) is 2. The van der Waals surface area contributed by atoms with Gasteiger partial charge in [-0.05, 0) is 25.1 Å². The standard InChI is InChI=1S/C12H13N3O2/c1-2-15-8-7-10(14-15)12(17)13-9-5-3-4-6-11(9)16/h3-8,16H,2H2,1H3,(H,13,17). The lowest BCUT2D eigenvalue weighted by Gasteiger charge is -2.04. The van der Waals surface area contributed by atoms with Crippen molar-refractivity contribution < 1.29 is 9.90 Å². The molecule has 0 aliphatic carbocycles. The molecule has 0 aliphatic heterocycles. The maximum atomic E-state index is 11.8. The van der Waals surface area contributed by atoms with Gasteiger partial charge in [-0.2, -0.15) is 5.10 Å². The molecule has 0 radical (unpaired) electrons. The van der Waals surface area contributed by atoms with Gasteiger partial charge >= 0.3 is 0 Å². The number of amides is 1. The van der Waals surface area contributed by atoms with Crippen LogP contribution in [0.1, 0.15) is 17.4 Å². The topological polar surface area (TPSA) is 67.2 Å². The minimum Gasteiger partial charge on any atom is -0.506 e. The van der Waals surface area contributed by atoms with E-state index in [1.54, 1.807) is 35.1 Å². The van der Waals surface area contributed by atoms with Gasteiger partial charge in [-0.1, -0.05) is 12.1 Å². The molecule has 0 fully saturated rings. The van der Waals surface area contributed by atoms with Crippen LogP contribution in [0.25, 0.3) is 0 Å². The van der Waals surface area contributed by atoms with Crippen molar-refractivity contribution in [1.82, 2.24) is 9.78 Å². The summed E-state index contributed by atoms with van der Waals surface area (Å²) in [7, 11) is 0. The van der Waals surface area contributed by atoms with Gasteiger partial charge in [0, 0.05) is 12.7 Å². The smallest absolute Gasteiger partial charge is 0.276 e. The van der Waals surface area contributed by atoms with E-state index in [1.807, 2.05) is 6.92 Å². The Morgan fingerprint density at radius 1 is 1.41 bits per heavy atom. The summed E-state index contributed by atoms with van der Waals surface area (Å²) in [5.74, 6) is -0.297. The molecule has 88 valence electrons. The first-order valence-electron chi connectivity index (χ1n) is 5.33. The van der Waals surface area contributed by atoms with Crippen molar-refractivity contribution in [2.75, 3.05) is 5.32 Å². The molecule has 0 saturated heterocycles. The highest BCUT2D eigenvalue weighted by molar-refractivity contribution is 6.03. The number of aryl methyl sites for hydroxylation is 1. The Morgan fingerprint density at radius 2 is 2.18 bits per heavy atom. The number of nitrogens with zero attached hydrogens (tertiary/aromatic N) is 2. The fourth-order valence-corrected chi connectivity index (χ4v) is 1.42. The van der Waals surface area contributed by atoms with Crippen LogP contribution in [0, 0.1) is 0 Å². The van der Waals surface area contributed by atoms with Crippen molar-refractivity contribution >= 4 is 11.6 Å². The summed E-state index contributed by atoms with van der Waals surface area (Å²) in [6.45, 7) is 2.65. The lowest BCUT2D eigenvalue weighted by atomic mass is 10.3. The molecule has 1 amide bonds. The first-order chi connectivity index (χ1) is 8.20. The Labute approximate surface area is 98.7 Å². The molecule has 0 atom stereocenters. The van der Waals surface area contributed by atoms with Gasteiger partial charge in [0.1, 0.15) is 5.75 Å². The Morgan fingerprint density at radius 3 is 2.82 bits per heavy atom. The SMILES string of the molecule is CCn1ccc(C(=O)Nc2ccccc2O)n1. The van der Waals surface area contributed by atoms with E-state index in [2.05, 4.69) is 10.4 Å². The third-order valence-corrected chi connectivity index (χ3v) is 2.35. The number of rotatable bonds is 3. The summed E-state index contributed by atoms with van der Waals surface area (Å²) in [5.41, 5.74) is 0.707. The summed E-state index contributed by atoms with van der Waals surface area (Å²) in [4.78, 5) is 11.8. The molecule has 0 spiro atoms. The van der Waals surface area contributed by atoms with E-state index >= 15 is 0 Å². The maximum Gasteiger partial charge on any atom is 0.276 e. The van der Waals surface area contributed by atoms with E-state index < -0.39 is 0 Å². The maximum absolute atomic E-state index is 11.8. The lowest BCUT2D eigenvalue weighted by molar-refractivity contribution is 0.102. The van der Waals surface area contributed by atoms with Crippen LogP contribution >= 0.6 is 0 Å². The van der Waals surface area contributed by atoms with Gasteiger partial charge in [0.2, 0.25) is 0 Å². The molecule has 0 bridgehead atoms. The van der Waals surface area contributed by atoms with Crippen LogP contribution in [-0.4, -0.2) is 20.8 Å². The zero-order chi connectivity index (χ0) is 12.3. The number of phenols is 1. The highest BCUT2D eigenvalue weighted by atomic mass is 16.3. The van der Waals surface area contributed by atoms with Crippen molar-refractivity contribution in [2.24, 2.45) is 0 Å². The number of phenolic OH excluding ortho intramolecular Hbond substituents is 1. The summed E-state index contributed by atoms with van der Waals surface area (Å²) < 4.78 is 1.67. The largest absolute Gasteiger partial charge is 0.506 e. The molecular formula is C12H13N3O2. The normalized spacial score (nSPS) is 10.2. The first-order valence-corrected chi connectivity index (χ1v) is 5.33. The fraction of sp³-hybridized carbons (Fsp3) is 0.167. The van der Waals surface area contributed by atoms with E-state index in [1.165, 1.54) is 6.07 Å². The van der Waals surface area contributed by atoms with Crippen molar-refractivity contribution in [3.63, 3.8) is 0 Å². The van der Waals surface area contributed by atoms with Gasteiger partial charge in [-0.3, -0.25) is 9.48 Å². The van der Waals surface area contributed by atoms with E-state index in [-0.39, 0.29) is 11.7 Å². The van der Waals surface area contributed by atoms with Crippen LogP contribution in [-0.2, 0) is 6.54 Å². The first kappa shape index (κ1) is 11.2. The number of carbonyl (C=O) groups excluding carboxylic acids is 1. The quantitative estimate of drug-likeness (QED) is 0.792. The van der Waals surface area contributed by atoms with Gasteiger partial charge in [-0.25, -0.2) is 0 Å². The number of anilines is 1. The van der Waals surface area contributed by atoms with Crippen molar-refractivity contribution in [3.8, 4) is 5.75 Å². The minimum atomic E-state index is -0.335. The number of para-hydroxylation sites is 2. The van der Waals surface area contributed by atoms with E-state index in [9.17, 15) is 9.90 Å². The third-order valence-electron chi connectivity index (χ3n) is 2.35. The van der Waals surface area contributed by atoms with Gasteiger partial charge in [0.25, 0.3) is 5.91 Å². The second-order valence-corrected chi connectivity index (χ2v) is 3.53. The number of nitrogens with one attached hydrogen (secondary N) is 1. The highest BCUT2D eigenvalue weighted by Crippen LogP contribution is 2.21. The Balaban J connectivity index is 2.14. The summed E-state index contributed by atoms with van der Waals surface area (Å²) in [6.07, 6.45) is 1.74. The van der Waals surface area contributed by atoms with Crippen molar-refractivity contribution in [3.05, 3.63) is 42.2 Å². The van der Waals surface area contributed by atoms with Crippen LogP contribution in [0.5, 0.6) is 5.75 Å². The monoisotopic (exact) mass is 231 g/mol. The summed E-state index contributed by atoms with van der Waals surface area (Å²) in [6, 6.07) is 8.21. The molecule has 2 rings (SSSR count). The zero-order valence-corrected chi connectivity index (χ0v) is 9.42. The predicted molar refractivity (Wildman–Crippen MR) is 64.0 cm³/mol. The second kappa shape index (κ2) is 4.69.